The largest absolute Gasteiger partial charge is 0.503 e. The van der Waals surface area contributed by atoms with E-state index in [9.17, 15) is 19.1 Å². The molecule has 1 atom stereocenters. The fourth-order valence-corrected chi connectivity index (χ4v) is 3.21. The first kappa shape index (κ1) is 17.9. The Bertz CT molecular complexity index is 933. The van der Waals surface area contributed by atoms with Crippen molar-refractivity contribution in [2.45, 2.75) is 33.2 Å². The Morgan fingerprint density at radius 2 is 1.85 bits per heavy atom. The van der Waals surface area contributed by atoms with Gasteiger partial charge >= 0.3 is 0 Å². The molecule has 1 N–H and O–H groups in total. The molecule has 0 saturated carbocycles. The maximum absolute atomic E-state index is 14.5. The minimum atomic E-state index is -0.988. The maximum atomic E-state index is 14.5. The van der Waals surface area contributed by atoms with Gasteiger partial charge in [0.05, 0.1) is 11.6 Å². The number of hydrogen-bond donors (Lipinski definition) is 1. The number of carbonyl (C=O) groups excluding carboxylic acids is 2. The van der Waals surface area contributed by atoms with Crippen LogP contribution in [-0.4, -0.2) is 16.8 Å². The third-order valence-electron chi connectivity index (χ3n) is 4.80. The van der Waals surface area contributed by atoms with Gasteiger partial charge in [-0.25, -0.2) is 4.39 Å². The standard InChI is InChI=1S/C21H20FNO3/c1-4-17(24)18-19(15-7-5-6-8-16(15)22)23(21(26)20(18)25)14-10-9-12(2)13(3)11-14/h5-11,19,25H,4H2,1-3H3. The zero-order chi connectivity index (χ0) is 19.0. The number of Topliss-reactive ketones (excluding diaryl/α,β-unsaturated/α-hetero) is 1. The van der Waals surface area contributed by atoms with Crippen molar-refractivity contribution in [2.75, 3.05) is 4.90 Å². The summed E-state index contributed by atoms with van der Waals surface area (Å²) in [6.45, 7) is 5.49. The molecule has 26 heavy (non-hydrogen) atoms. The van der Waals surface area contributed by atoms with Crippen LogP contribution >= 0.6 is 0 Å². The predicted molar refractivity (Wildman–Crippen MR) is 97.5 cm³/mol. The van der Waals surface area contributed by atoms with Crippen LogP contribution in [0.5, 0.6) is 0 Å². The fraction of sp³-hybridized carbons (Fsp3) is 0.238. The number of ketones is 1. The van der Waals surface area contributed by atoms with Crippen LogP contribution in [0.25, 0.3) is 0 Å². The smallest absolute Gasteiger partial charge is 0.294 e. The predicted octanol–water partition coefficient (Wildman–Crippen LogP) is 4.32. The summed E-state index contributed by atoms with van der Waals surface area (Å²) in [4.78, 5) is 26.5. The summed E-state index contributed by atoms with van der Waals surface area (Å²) >= 11 is 0. The van der Waals surface area contributed by atoms with Crippen LogP contribution in [0.4, 0.5) is 10.1 Å². The molecule has 1 unspecified atom stereocenters. The van der Waals surface area contributed by atoms with E-state index in [4.69, 9.17) is 0 Å². The van der Waals surface area contributed by atoms with Crippen molar-refractivity contribution in [3.63, 3.8) is 0 Å². The van der Waals surface area contributed by atoms with E-state index >= 15 is 0 Å². The van der Waals surface area contributed by atoms with Gasteiger partial charge in [0, 0.05) is 17.7 Å². The van der Waals surface area contributed by atoms with Crippen molar-refractivity contribution in [2.24, 2.45) is 0 Å². The second-order valence-corrected chi connectivity index (χ2v) is 6.41. The van der Waals surface area contributed by atoms with Gasteiger partial charge in [-0.2, -0.15) is 0 Å². The number of aliphatic hydroxyl groups is 1. The molecule has 0 radical (unpaired) electrons. The lowest BCUT2D eigenvalue weighted by Gasteiger charge is -2.27. The zero-order valence-corrected chi connectivity index (χ0v) is 14.9. The van der Waals surface area contributed by atoms with E-state index in [1.807, 2.05) is 19.9 Å². The molecule has 2 aromatic rings. The Morgan fingerprint density at radius 3 is 2.46 bits per heavy atom. The minimum Gasteiger partial charge on any atom is -0.503 e. The third-order valence-corrected chi connectivity index (χ3v) is 4.80. The number of anilines is 1. The number of aryl methyl sites for hydroxylation is 2. The molecular formula is C21H20FNO3. The Morgan fingerprint density at radius 1 is 1.15 bits per heavy atom. The molecule has 0 spiro atoms. The Hall–Kier alpha value is -2.95. The number of aliphatic hydroxyl groups excluding tert-OH is 1. The zero-order valence-electron chi connectivity index (χ0n) is 14.9. The van der Waals surface area contributed by atoms with E-state index < -0.39 is 23.5 Å². The minimum absolute atomic E-state index is 0.0548. The molecule has 134 valence electrons. The van der Waals surface area contributed by atoms with E-state index in [1.54, 1.807) is 31.2 Å². The lowest BCUT2D eigenvalue weighted by molar-refractivity contribution is -0.118. The summed E-state index contributed by atoms with van der Waals surface area (Å²) in [5.74, 6) is -2.22. The van der Waals surface area contributed by atoms with E-state index in [0.717, 1.165) is 11.1 Å². The van der Waals surface area contributed by atoms with Gasteiger partial charge in [0.1, 0.15) is 5.82 Å². The van der Waals surface area contributed by atoms with Crippen LogP contribution in [0, 0.1) is 19.7 Å². The van der Waals surface area contributed by atoms with Crippen LogP contribution in [-0.2, 0) is 9.59 Å². The highest BCUT2D eigenvalue weighted by Crippen LogP contribution is 2.42. The van der Waals surface area contributed by atoms with Gasteiger partial charge < -0.3 is 5.11 Å². The second kappa shape index (κ2) is 6.75. The van der Waals surface area contributed by atoms with Crippen molar-refractivity contribution in [1.82, 2.24) is 0 Å². The van der Waals surface area contributed by atoms with E-state index in [0.29, 0.717) is 5.69 Å². The van der Waals surface area contributed by atoms with Gasteiger partial charge in [0.15, 0.2) is 11.5 Å². The molecule has 0 fully saturated rings. The van der Waals surface area contributed by atoms with E-state index in [-0.39, 0.29) is 23.3 Å². The monoisotopic (exact) mass is 353 g/mol. The van der Waals surface area contributed by atoms with Crippen LogP contribution < -0.4 is 4.90 Å². The Balaban J connectivity index is 2.23. The Kier molecular flexibility index (Phi) is 4.64. The van der Waals surface area contributed by atoms with Crippen molar-refractivity contribution in [3.05, 3.63) is 76.3 Å². The highest BCUT2D eigenvalue weighted by atomic mass is 19.1. The number of amides is 1. The lowest BCUT2D eigenvalue weighted by Crippen LogP contribution is -2.31. The molecule has 2 aromatic carbocycles. The lowest BCUT2D eigenvalue weighted by atomic mass is 9.94. The molecule has 5 heteroatoms. The molecule has 0 aromatic heterocycles. The number of halogens is 1. The summed E-state index contributed by atoms with van der Waals surface area (Å²) in [6, 6.07) is 10.4. The van der Waals surface area contributed by atoms with Crippen LogP contribution in [0.15, 0.2) is 53.8 Å². The fourth-order valence-electron chi connectivity index (χ4n) is 3.21. The Labute approximate surface area is 151 Å². The van der Waals surface area contributed by atoms with Gasteiger partial charge in [0.25, 0.3) is 5.91 Å². The van der Waals surface area contributed by atoms with Crippen molar-refractivity contribution < 1.29 is 19.1 Å². The normalized spacial score (nSPS) is 17.2. The molecule has 0 bridgehead atoms. The molecule has 1 aliphatic heterocycles. The first-order valence-corrected chi connectivity index (χ1v) is 8.48. The van der Waals surface area contributed by atoms with Crippen LogP contribution in [0.2, 0.25) is 0 Å². The first-order chi connectivity index (χ1) is 12.4. The summed E-state index contributed by atoms with van der Waals surface area (Å²) in [5.41, 5.74) is 2.64. The van der Waals surface area contributed by atoms with Gasteiger partial charge in [-0.1, -0.05) is 31.2 Å². The van der Waals surface area contributed by atoms with Crippen molar-refractivity contribution in [3.8, 4) is 0 Å². The van der Waals surface area contributed by atoms with Crippen molar-refractivity contribution in [1.29, 1.82) is 0 Å². The molecule has 3 rings (SSSR count). The molecule has 1 heterocycles. The number of benzene rings is 2. The molecule has 4 nitrogen and oxygen atoms in total. The number of hydrogen-bond acceptors (Lipinski definition) is 3. The molecule has 0 aliphatic carbocycles. The average Bonchev–Trinajstić information content (AvgIpc) is 2.88. The van der Waals surface area contributed by atoms with Crippen LogP contribution in [0.1, 0.15) is 36.1 Å². The van der Waals surface area contributed by atoms with Gasteiger partial charge in [-0.05, 0) is 43.2 Å². The summed E-state index contributed by atoms with van der Waals surface area (Å²) in [5, 5.41) is 10.4. The summed E-state index contributed by atoms with van der Waals surface area (Å²) in [7, 11) is 0. The van der Waals surface area contributed by atoms with Gasteiger partial charge in [0.2, 0.25) is 0 Å². The van der Waals surface area contributed by atoms with Crippen molar-refractivity contribution >= 4 is 17.4 Å². The summed E-state index contributed by atoms with van der Waals surface area (Å²) in [6.07, 6.45) is 0.110. The highest BCUT2D eigenvalue weighted by Gasteiger charge is 2.44. The van der Waals surface area contributed by atoms with E-state index in [2.05, 4.69) is 0 Å². The average molecular weight is 353 g/mol. The second-order valence-electron chi connectivity index (χ2n) is 6.41. The highest BCUT2D eigenvalue weighted by molar-refractivity contribution is 6.16. The SMILES string of the molecule is CCC(=O)C1=C(O)C(=O)N(c2ccc(C)c(C)c2)C1c1ccccc1F. The topological polar surface area (TPSA) is 57.6 Å². The molecule has 1 amide bonds. The van der Waals surface area contributed by atoms with Crippen LogP contribution in [0.3, 0.4) is 0 Å². The molecular weight excluding hydrogens is 333 g/mol. The number of carbonyl (C=O) groups is 2. The number of nitrogens with zero attached hydrogens (tertiary/aromatic N) is 1. The number of rotatable bonds is 4. The molecule has 0 saturated heterocycles. The van der Waals surface area contributed by atoms with Gasteiger partial charge in [-0.3, -0.25) is 14.5 Å². The van der Waals surface area contributed by atoms with E-state index in [1.165, 1.54) is 17.0 Å². The summed E-state index contributed by atoms with van der Waals surface area (Å²) < 4.78 is 14.5. The first-order valence-electron chi connectivity index (χ1n) is 8.48. The van der Waals surface area contributed by atoms with Gasteiger partial charge in [-0.15, -0.1) is 0 Å². The third kappa shape index (κ3) is 2.79. The maximum Gasteiger partial charge on any atom is 0.294 e. The molecule has 1 aliphatic rings. The quantitative estimate of drug-likeness (QED) is 0.890.